The fraction of sp³-hybridized carbons (Fsp3) is 0.200. The number of anilines is 1. The van der Waals surface area contributed by atoms with E-state index in [-0.39, 0.29) is 17.2 Å². The summed E-state index contributed by atoms with van der Waals surface area (Å²) in [6, 6.07) is 5.93. The van der Waals surface area contributed by atoms with Crippen LogP contribution in [0.15, 0.2) is 36.7 Å². The highest BCUT2D eigenvalue weighted by molar-refractivity contribution is 7.15. The van der Waals surface area contributed by atoms with Crippen molar-refractivity contribution in [2.45, 2.75) is 19.8 Å². The van der Waals surface area contributed by atoms with Gasteiger partial charge in [-0.05, 0) is 24.3 Å². The molecule has 0 aliphatic carbocycles. The first kappa shape index (κ1) is 15.3. The lowest BCUT2D eigenvalue weighted by atomic mass is 10.2. The molecule has 0 aliphatic heterocycles. The lowest BCUT2D eigenvalue weighted by Crippen LogP contribution is -2.12. The van der Waals surface area contributed by atoms with Crippen molar-refractivity contribution in [1.82, 2.24) is 20.0 Å². The maximum atomic E-state index is 14.2. The van der Waals surface area contributed by atoms with Gasteiger partial charge in [0.05, 0.1) is 0 Å². The van der Waals surface area contributed by atoms with Crippen molar-refractivity contribution in [2.75, 3.05) is 5.32 Å². The Morgan fingerprint density at radius 1 is 1.35 bits per heavy atom. The second kappa shape index (κ2) is 6.25. The Hall–Kier alpha value is -2.61. The number of hydrogen-bond acceptors (Lipinski definition) is 5. The van der Waals surface area contributed by atoms with Gasteiger partial charge in [0.25, 0.3) is 5.91 Å². The van der Waals surface area contributed by atoms with E-state index >= 15 is 0 Å². The molecule has 1 N–H and O–H groups in total. The molecule has 0 atom stereocenters. The molecule has 0 saturated heterocycles. The Bertz CT molecular complexity index is 828. The molecular weight excluding hydrogens is 317 g/mol. The molecule has 2 heterocycles. The SMILES string of the molecule is CC(C)c1nnc(NC(=O)c2ccc(-n3cccn3)c(F)c2)s1. The molecule has 118 valence electrons. The highest BCUT2D eigenvalue weighted by Crippen LogP contribution is 2.23. The van der Waals surface area contributed by atoms with Crippen LogP contribution in [0.5, 0.6) is 0 Å². The lowest BCUT2D eigenvalue weighted by Gasteiger charge is -2.06. The van der Waals surface area contributed by atoms with Crippen LogP contribution in [0.1, 0.15) is 35.1 Å². The minimum absolute atomic E-state index is 0.208. The Labute approximate surface area is 136 Å². The molecule has 0 bridgehead atoms. The third-order valence-electron chi connectivity index (χ3n) is 3.12. The van der Waals surface area contributed by atoms with Gasteiger partial charge < -0.3 is 0 Å². The van der Waals surface area contributed by atoms with Gasteiger partial charge in [-0.2, -0.15) is 5.10 Å². The average Bonchev–Trinajstić information content (AvgIpc) is 3.18. The standard InChI is InChI=1S/C15H14FN5OS/c1-9(2)14-19-20-15(23-14)18-13(22)10-4-5-12(11(16)8-10)21-7-3-6-17-21/h3-9H,1-2H3,(H,18,20,22). The number of hydrogen-bond donors (Lipinski definition) is 1. The molecule has 6 nitrogen and oxygen atoms in total. The topological polar surface area (TPSA) is 72.7 Å². The summed E-state index contributed by atoms with van der Waals surface area (Å²) in [6.07, 6.45) is 3.19. The number of amides is 1. The maximum Gasteiger partial charge on any atom is 0.257 e. The molecule has 0 saturated carbocycles. The Balaban J connectivity index is 1.78. The lowest BCUT2D eigenvalue weighted by molar-refractivity contribution is 0.102. The highest BCUT2D eigenvalue weighted by Gasteiger charge is 2.14. The Morgan fingerprint density at radius 3 is 2.78 bits per heavy atom. The summed E-state index contributed by atoms with van der Waals surface area (Å²) in [7, 11) is 0. The van der Waals surface area contributed by atoms with E-state index in [0.717, 1.165) is 5.01 Å². The largest absolute Gasteiger partial charge is 0.296 e. The molecule has 0 radical (unpaired) electrons. The predicted molar refractivity (Wildman–Crippen MR) is 85.5 cm³/mol. The monoisotopic (exact) mass is 331 g/mol. The Morgan fingerprint density at radius 2 is 2.17 bits per heavy atom. The highest BCUT2D eigenvalue weighted by atomic mass is 32.1. The average molecular weight is 331 g/mol. The fourth-order valence-corrected chi connectivity index (χ4v) is 2.67. The summed E-state index contributed by atoms with van der Waals surface area (Å²) in [4.78, 5) is 12.2. The van der Waals surface area contributed by atoms with Crippen molar-refractivity contribution in [3.8, 4) is 5.69 Å². The van der Waals surface area contributed by atoms with Gasteiger partial charge in [0, 0.05) is 23.9 Å². The number of nitrogens with one attached hydrogen (secondary N) is 1. The molecule has 0 fully saturated rings. The van der Waals surface area contributed by atoms with E-state index in [1.54, 1.807) is 24.5 Å². The van der Waals surface area contributed by atoms with Crippen LogP contribution in [-0.4, -0.2) is 25.9 Å². The van der Waals surface area contributed by atoms with Crippen LogP contribution < -0.4 is 5.32 Å². The van der Waals surface area contributed by atoms with Crippen LogP contribution in [0.2, 0.25) is 0 Å². The molecule has 2 aromatic heterocycles. The molecule has 8 heteroatoms. The second-order valence-corrected chi connectivity index (χ2v) is 6.18. The molecule has 23 heavy (non-hydrogen) atoms. The van der Waals surface area contributed by atoms with Gasteiger partial charge in [-0.3, -0.25) is 10.1 Å². The van der Waals surface area contributed by atoms with E-state index in [2.05, 4.69) is 20.6 Å². The summed E-state index contributed by atoms with van der Waals surface area (Å²) in [5.41, 5.74) is 0.490. The first-order valence-electron chi connectivity index (χ1n) is 6.99. The third-order valence-corrected chi connectivity index (χ3v) is 4.26. The number of nitrogens with zero attached hydrogens (tertiary/aromatic N) is 4. The summed E-state index contributed by atoms with van der Waals surface area (Å²) in [6.45, 7) is 3.99. The molecule has 3 aromatic rings. The molecule has 1 aromatic carbocycles. The first-order chi connectivity index (χ1) is 11.0. The van der Waals surface area contributed by atoms with Crippen LogP contribution in [-0.2, 0) is 0 Å². The third kappa shape index (κ3) is 3.26. The molecule has 0 aliphatic rings. The van der Waals surface area contributed by atoms with Crippen molar-refractivity contribution < 1.29 is 9.18 Å². The van der Waals surface area contributed by atoms with Crippen molar-refractivity contribution >= 4 is 22.4 Å². The van der Waals surface area contributed by atoms with Gasteiger partial charge in [0.2, 0.25) is 5.13 Å². The zero-order valence-corrected chi connectivity index (χ0v) is 13.3. The van der Waals surface area contributed by atoms with Crippen LogP contribution >= 0.6 is 11.3 Å². The van der Waals surface area contributed by atoms with Crippen molar-refractivity contribution in [3.63, 3.8) is 0 Å². The number of rotatable bonds is 4. The Kier molecular flexibility index (Phi) is 4.16. The number of carbonyl (C=O) groups is 1. The van der Waals surface area contributed by atoms with E-state index in [1.807, 2.05) is 13.8 Å². The maximum absolute atomic E-state index is 14.2. The second-order valence-electron chi connectivity index (χ2n) is 5.17. The quantitative estimate of drug-likeness (QED) is 0.796. The van der Waals surface area contributed by atoms with Gasteiger partial charge in [-0.15, -0.1) is 10.2 Å². The zero-order chi connectivity index (χ0) is 16.4. The summed E-state index contributed by atoms with van der Waals surface area (Å²) in [5.74, 6) is -0.715. The number of carbonyl (C=O) groups excluding carboxylic acids is 1. The van der Waals surface area contributed by atoms with Gasteiger partial charge in [-0.25, -0.2) is 9.07 Å². The van der Waals surface area contributed by atoms with Crippen molar-refractivity contribution in [2.24, 2.45) is 0 Å². The van der Waals surface area contributed by atoms with Gasteiger partial charge in [0.15, 0.2) is 0 Å². The van der Waals surface area contributed by atoms with E-state index in [0.29, 0.717) is 5.13 Å². The number of halogens is 1. The van der Waals surface area contributed by atoms with Gasteiger partial charge in [0.1, 0.15) is 16.5 Å². The normalized spacial score (nSPS) is 11.0. The molecular formula is C15H14FN5OS. The van der Waals surface area contributed by atoms with Crippen LogP contribution in [0.4, 0.5) is 9.52 Å². The fourth-order valence-electron chi connectivity index (χ4n) is 1.93. The molecule has 3 rings (SSSR count). The van der Waals surface area contributed by atoms with Crippen LogP contribution in [0.25, 0.3) is 5.69 Å². The van der Waals surface area contributed by atoms with Crippen molar-refractivity contribution in [3.05, 3.63) is 53.0 Å². The molecule has 0 spiro atoms. The molecule has 0 unspecified atom stereocenters. The van der Waals surface area contributed by atoms with Crippen LogP contribution in [0.3, 0.4) is 0 Å². The van der Waals surface area contributed by atoms with E-state index < -0.39 is 11.7 Å². The zero-order valence-electron chi connectivity index (χ0n) is 12.5. The summed E-state index contributed by atoms with van der Waals surface area (Å²) < 4.78 is 15.6. The van der Waals surface area contributed by atoms with Gasteiger partial charge in [-0.1, -0.05) is 25.2 Å². The van der Waals surface area contributed by atoms with Crippen LogP contribution in [0, 0.1) is 5.82 Å². The minimum Gasteiger partial charge on any atom is -0.296 e. The van der Waals surface area contributed by atoms with Gasteiger partial charge >= 0.3 is 0 Å². The predicted octanol–water partition coefficient (Wildman–Crippen LogP) is 3.24. The smallest absolute Gasteiger partial charge is 0.257 e. The van der Waals surface area contributed by atoms with E-state index in [4.69, 9.17) is 0 Å². The van der Waals surface area contributed by atoms with E-state index in [9.17, 15) is 9.18 Å². The summed E-state index contributed by atoms with van der Waals surface area (Å²) in [5, 5.41) is 15.7. The first-order valence-corrected chi connectivity index (χ1v) is 7.80. The number of benzene rings is 1. The summed E-state index contributed by atoms with van der Waals surface area (Å²) >= 11 is 1.31. The molecule has 1 amide bonds. The minimum atomic E-state index is -0.526. The van der Waals surface area contributed by atoms with E-state index in [1.165, 1.54) is 28.2 Å². The number of aromatic nitrogens is 4. The van der Waals surface area contributed by atoms with Crippen molar-refractivity contribution in [1.29, 1.82) is 0 Å².